The van der Waals surface area contributed by atoms with Crippen molar-refractivity contribution in [3.63, 3.8) is 0 Å². The molecule has 0 unspecified atom stereocenters. The normalized spacial score (nSPS) is 11.0. The molecule has 28 heavy (non-hydrogen) atoms. The Hall–Kier alpha value is -3.23. The first kappa shape index (κ1) is 16.9. The molecule has 5 rings (SSSR count). The first-order valence-electron chi connectivity index (χ1n) is 9.41. The van der Waals surface area contributed by atoms with Crippen molar-refractivity contribution in [3.05, 3.63) is 103 Å². The van der Waals surface area contributed by atoms with Crippen LogP contribution in [0.25, 0.3) is 43.0 Å². The maximum atomic E-state index is 5.01. The fourth-order valence-electron chi connectivity index (χ4n) is 3.61. The maximum absolute atomic E-state index is 5.01. The van der Waals surface area contributed by atoms with E-state index >= 15 is 0 Å². The van der Waals surface area contributed by atoms with Gasteiger partial charge in [0.2, 0.25) is 0 Å². The van der Waals surface area contributed by atoms with E-state index in [2.05, 4.69) is 97.9 Å². The monoisotopic (exact) mass is 377 g/mol. The van der Waals surface area contributed by atoms with Gasteiger partial charge in [0.1, 0.15) is 4.83 Å². The molecule has 0 saturated heterocycles. The second kappa shape index (κ2) is 7.06. The minimum Gasteiger partial charge on any atom is -0.237 e. The number of hydrogen-bond donors (Lipinski definition) is 0. The van der Waals surface area contributed by atoms with Gasteiger partial charge in [-0.05, 0) is 47.4 Å². The minimum absolute atomic E-state index is 1.02. The zero-order valence-electron chi connectivity index (χ0n) is 15.6. The van der Waals surface area contributed by atoms with E-state index in [1.807, 2.05) is 6.07 Å². The van der Waals surface area contributed by atoms with Crippen LogP contribution in [0.2, 0.25) is 0 Å². The Morgan fingerprint density at radius 3 is 2.00 bits per heavy atom. The largest absolute Gasteiger partial charge is 0.237 e. The highest BCUT2D eigenvalue weighted by molar-refractivity contribution is 7.22. The summed E-state index contributed by atoms with van der Waals surface area (Å²) in [5.74, 6) is 0. The van der Waals surface area contributed by atoms with Crippen molar-refractivity contribution in [2.75, 3.05) is 0 Å². The van der Waals surface area contributed by atoms with Crippen molar-refractivity contribution in [2.45, 2.75) is 6.92 Å². The molecule has 0 bridgehead atoms. The zero-order chi connectivity index (χ0) is 18.9. The molecule has 0 aliphatic heterocycles. The predicted molar refractivity (Wildman–Crippen MR) is 121 cm³/mol. The number of aromatic nitrogens is 1. The fraction of sp³-hybridized carbons (Fsp3) is 0.0385. The minimum atomic E-state index is 1.02. The number of fused-ring (bicyclic) bond motifs is 1. The Kier molecular flexibility index (Phi) is 4.27. The summed E-state index contributed by atoms with van der Waals surface area (Å²) in [5.41, 5.74) is 7.18. The number of benzene rings is 3. The molecule has 1 nitrogen and oxygen atoms in total. The Bertz CT molecular complexity index is 1250. The van der Waals surface area contributed by atoms with E-state index < -0.39 is 0 Å². The standard InChI is InChI=1S/C26H19NS/c1-18-23-15-16-24(27-26(23)28-25(18)20-11-6-3-7-12-20)22-14-8-13-21(17-22)19-9-4-2-5-10-19/h2-17H,1H3. The molecule has 5 aromatic rings. The molecule has 0 fully saturated rings. The lowest BCUT2D eigenvalue weighted by atomic mass is 10.0. The molecule has 0 radical (unpaired) electrons. The van der Waals surface area contributed by atoms with E-state index in [4.69, 9.17) is 4.98 Å². The number of nitrogens with zero attached hydrogens (tertiary/aromatic N) is 1. The Balaban J connectivity index is 1.59. The van der Waals surface area contributed by atoms with Gasteiger partial charge in [0.15, 0.2) is 0 Å². The van der Waals surface area contributed by atoms with E-state index in [-0.39, 0.29) is 0 Å². The van der Waals surface area contributed by atoms with Gasteiger partial charge in [0.05, 0.1) is 5.69 Å². The van der Waals surface area contributed by atoms with E-state index in [1.165, 1.54) is 32.5 Å². The molecule has 0 amide bonds. The number of thiophene rings is 1. The SMILES string of the molecule is Cc1c(-c2ccccc2)sc2nc(-c3cccc(-c4ccccc4)c3)ccc12. The Morgan fingerprint density at radius 2 is 1.25 bits per heavy atom. The van der Waals surface area contributed by atoms with Crippen molar-refractivity contribution in [2.24, 2.45) is 0 Å². The summed E-state index contributed by atoms with van der Waals surface area (Å²) < 4.78 is 0. The molecule has 0 atom stereocenters. The third-order valence-corrected chi connectivity index (χ3v) is 6.36. The van der Waals surface area contributed by atoms with Gasteiger partial charge in [-0.2, -0.15) is 0 Å². The number of rotatable bonds is 3. The summed E-state index contributed by atoms with van der Waals surface area (Å²) in [6.45, 7) is 2.19. The molecule has 2 heteroatoms. The van der Waals surface area contributed by atoms with Crippen LogP contribution in [0.3, 0.4) is 0 Å². The van der Waals surface area contributed by atoms with Gasteiger partial charge in [-0.1, -0.05) is 78.9 Å². The summed E-state index contributed by atoms with van der Waals surface area (Å²) in [4.78, 5) is 7.41. The molecule has 0 spiro atoms. The third-order valence-electron chi connectivity index (χ3n) is 5.11. The highest BCUT2D eigenvalue weighted by Gasteiger charge is 2.12. The van der Waals surface area contributed by atoms with Crippen molar-refractivity contribution >= 4 is 21.6 Å². The summed E-state index contributed by atoms with van der Waals surface area (Å²) in [5, 5.41) is 1.24. The van der Waals surface area contributed by atoms with Crippen LogP contribution in [0.15, 0.2) is 97.1 Å². The number of pyridine rings is 1. The molecule has 0 saturated carbocycles. The second-order valence-corrected chi connectivity index (χ2v) is 7.92. The first-order chi connectivity index (χ1) is 13.8. The molecule has 2 heterocycles. The Labute approximate surface area is 169 Å². The van der Waals surface area contributed by atoms with E-state index in [1.54, 1.807) is 11.3 Å². The van der Waals surface area contributed by atoms with Crippen LogP contribution < -0.4 is 0 Å². The van der Waals surface area contributed by atoms with Gasteiger partial charge in [0, 0.05) is 15.8 Å². The maximum Gasteiger partial charge on any atom is 0.124 e. The topological polar surface area (TPSA) is 12.9 Å². The van der Waals surface area contributed by atoms with Crippen LogP contribution in [0, 0.1) is 6.92 Å². The average Bonchev–Trinajstić information content (AvgIpc) is 3.11. The van der Waals surface area contributed by atoms with Crippen LogP contribution >= 0.6 is 11.3 Å². The summed E-state index contributed by atoms with van der Waals surface area (Å²) in [6.07, 6.45) is 0. The molecule has 3 aromatic carbocycles. The highest BCUT2D eigenvalue weighted by Crippen LogP contribution is 2.38. The number of hydrogen-bond acceptors (Lipinski definition) is 2. The summed E-state index contributed by atoms with van der Waals surface area (Å²) in [7, 11) is 0. The third kappa shape index (κ3) is 3.02. The first-order valence-corrected chi connectivity index (χ1v) is 10.2. The smallest absolute Gasteiger partial charge is 0.124 e. The summed E-state index contributed by atoms with van der Waals surface area (Å²) in [6, 6.07) is 34.0. The quantitative estimate of drug-likeness (QED) is 0.315. The van der Waals surface area contributed by atoms with Crippen LogP contribution in [0.5, 0.6) is 0 Å². The molecule has 134 valence electrons. The lowest BCUT2D eigenvalue weighted by Crippen LogP contribution is -1.85. The van der Waals surface area contributed by atoms with Gasteiger partial charge >= 0.3 is 0 Å². The van der Waals surface area contributed by atoms with Crippen molar-refractivity contribution in [3.8, 4) is 32.8 Å². The second-order valence-electron chi connectivity index (χ2n) is 6.92. The lowest BCUT2D eigenvalue weighted by molar-refractivity contribution is 1.42. The molecule has 2 aromatic heterocycles. The van der Waals surface area contributed by atoms with Crippen molar-refractivity contribution < 1.29 is 0 Å². The van der Waals surface area contributed by atoms with Crippen LogP contribution in [0.4, 0.5) is 0 Å². The van der Waals surface area contributed by atoms with Crippen LogP contribution in [0.1, 0.15) is 5.56 Å². The molecular formula is C26H19NS. The number of aryl methyl sites for hydroxylation is 1. The van der Waals surface area contributed by atoms with Crippen molar-refractivity contribution in [1.29, 1.82) is 0 Å². The summed E-state index contributed by atoms with van der Waals surface area (Å²) >= 11 is 1.78. The van der Waals surface area contributed by atoms with Gasteiger partial charge in [-0.25, -0.2) is 4.98 Å². The van der Waals surface area contributed by atoms with Crippen LogP contribution in [-0.2, 0) is 0 Å². The van der Waals surface area contributed by atoms with E-state index in [9.17, 15) is 0 Å². The van der Waals surface area contributed by atoms with E-state index in [0.717, 1.165) is 16.1 Å². The van der Waals surface area contributed by atoms with Crippen molar-refractivity contribution in [1.82, 2.24) is 4.98 Å². The molecule has 0 N–H and O–H groups in total. The molecule has 0 aliphatic carbocycles. The zero-order valence-corrected chi connectivity index (χ0v) is 16.4. The molecule has 0 aliphatic rings. The fourth-order valence-corrected chi connectivity index (χ4v) is 4.80. The highest BCUT2D eigenvalue weighted by atomic mass is 32.1. The van der Waals surface area contributed by atoms with Gasteiger partial charge in [0.25, 0.3) is 0 Å². The Morgan fingerprint density at radius 1 is 0.607 bits per heavy atom. The average molecular weight is 378 g/mol. The van der Waals surface area contributed by atoms with E-state index in [0.29, 0.717) is 0 Å². The van der Waals surface area contributed by atoms with Gasteiger partial charge in [-0.15, -0.1) is 11.3 Å². The van der Waals surface area contributed by atoms with Crippen LogP contribution in [-0.4, -0.2) is 4.98 Å². The lowest BCUT2D eigenvalue weighted by Gasteiger charge is -2.06. The molecular weight excluding hydrogens is 358 g/mol. The van der Waals surface area contributed by atoms with Gasteiger partial charge < -0.3 is 0 Å². The van der Waals surface area contributed by atoms with Gasteiger partial charge in [-0.3, -0.25) is 0 Å². The predicted octanol–water partition coefficient (Wildman–Crippen LogP) is 7.61.